The zero-order valence-electron chi connectivity index (χ0n) is 17.4. The predicted octanol–water partition coefficient (Wildman–Crippen LogP) is 4.39. The van der Waals surface area contributed by atoms with Crippen molar-refractivity contribution in [1.29, 1.82) is 0 Å². The SMILES string of the molecule is O=C1Nc2cc(NC(=O)c3c[nH]cc(-c4ccc(F)cc4F)c3=O)ccc2C1=Cc1ccc[nH]1. The van der Waals surface area contributed by atoms with Gasteiger partial charge in [0.15, 0.2) is 0 Å². The van der Waals surface area contributed by atoms with E-state index in [1.54, 1.807) is 30.5 Å². The van der Waals surface area contributed by atoms with Crippen molar-refractivity contribution in [2.75, 3.05) is 10.6 Å². The molecular weight excluding hydrogens is 442 g/mol. The van der Waals surface area contributed by atoms with Gasteiger partial charge in [0, 0.05) is 52.7 Å². The molecule has 3 heterocycles. The Labute approximate surface area is 191 Å². The number of halogens is 2. The first kappa shape index (κ1) is 21.1. The molecule has 0 unspecified atom stereocenters. The standard InChI is InChI=1S/C25H16F2N4O3/c26-13-3-5-16(21(27)8-13)19-11-28-12-20(23(19)32)25(34)30-15-4-6-17-18(9-14-2-1-7-29-14)24(33)31-22(17)10-15/h1-12,29H,(H,28,32)(H,30,34)(H,31,33). The van der Waals surface area contributed by atoms with Gasteiger partial charge in [0.1, 0.15) is 17.2 Å². The maximum absolute atomic E-state index is 14.2. The van der Waals surface area contributed by atoms with Crippen molar-refractivity contribution < 1.29 is 18.4 Å². The molecule has 7 nitrogen and oxygen atoms in total. The van der Waals surface area contributed by atoms with E-state index in [1.807, 2.05) is 12.1 Å². The quantitative estimate of drug-likeness (QED) is 0.341. The van der Waals surface area contributed by atoms with E-state index in [0.717, 1.165) is 17.8 Å². The van der Waals surface area contributed by atoms with Gasteiger partial charge in [-0.2, -0.15) is 0 Å². The van der Waals surface area contributed by atoms with Crippen molar-refractivity contribution in [3.8, 4) is 11.1 Å². The topological polar surface area (TPSA) is 107 Å². The number of aromatic nitrogens is 2. The average molecular weight is 458 g/mol. The second-order valence-corrected chi connectivity index (χ2v) is 7.59. The molecule has 0 saturated carbocycles. The van der Waals surface area contributed by atoms with Gasteiger partial charge in [-0.3, -0.25) is 14.4 Å². The fourth-order valence-corrected chi connectivity index (χ4v) is 3.76. The summed E-state index contributed by atoms with van der Waals surface area (Å²) in [4.78, 5) is 43.7. The molecule has 0 atom stereocenters. The molecule has 2 aromatic carbocycles. The molecule has 34 heavy (non-hydrogen) atoms. The summed E-state index contributed by atoms with van der Waals surface area (Å²) in [6.45, 7) is 0. The first-order chi connectivity index (χ1) is 16.4. The number of H-pyrrole nitrogens is 2. The Kier molecular flexibility index (Phi) is 5.14. The summed E-state index contributed by atoms with van der Waals surface area (Å²) in [5.74, 6) is -2.70. The maximum Gasteiger partial charge on any atom is 0.261 e. The predicted molar refractivity (Wildman–Crippen MR) is 124 cm³/mol. The minimum absolute atomic E-state index is 0.106. The monoisotopic (exact) mass is 458 g/mol. The van der Waals surface area contributed by atoms with Gasteiger partial charge in [0.05, 0.1) is 11.3 Å². The molecule has 0 bridgehead atoms. The van der Waals surface area contributed by atoms with E-state index in [9.17, 15) is 23.2 Å². The molecular formula is C25H16F2N4O3. The minimum atomic E-state index is -0.916. The fourth-order valence-electron chi connectivity index (χ4n) is 3.76. The molecule has 0 spiro atoms. The molecule has 0 saturated heterocycles. The number of anilines is 2. The van der Waals surface area contributed by atoms with Crippen molar-refractivity contribution in [2.45, 2.75) is 0 Å². The van der Waals surface area contributed by atoms with Gasteiger partial charge in [-0.25, -0.2) is 8.78 Å². The molecule has 4 aromatic rings. The van der Waals surface area contributed by atoms with E-state index >= 15 is 0 Å². The summed E-state index contributed by atoms with van der Waals surface area (Å²) < 4.78 is 27.4. The normalized spacial score (nSPS) is 13.6. The molecule has 2 amide bonds. The van der Waals surface area contributed by atoms with Crippen molar-refractivity contribution in [1.82, 2.24) is 9.97 Å². The lowest BCUT2D eigenvalue weighted by Crippen LogP contribution is -2.23. The summed E-state index contributed by atoms with van der Waals surface area (Å²) >= 11 is 0. The summed E-state index contributed by atoms with van der Waals surface area (Å²) in [5, 5.41) is 5.37. The lowest BCUT2D eigenvalue weighted by Gasteiger charge is -2.09. The third-order valence-corrected chi connectivity index (χ3v) is 5.39. The van der Waals surface area contributed by atoms with Crippen molar-refractivity contribution in [3.05, 3.63) is 106 Å². The maximum atomic E-state index is 14.2. The van der Waals surface area contributed by atoms with Crippen LogP contribution in [0.2, 0.25) is 0 Å². The second-order valence-electron chi connectivity index (χ2n) is 7.59. The first-order valence-corrected chi connectivity index (χ1v) is 10.2. The summed E-state index contributed by atoms with van der Waals surface area (Å²) in [5.41, 5.74) is 1.58. The smallest absolute Gasteiger partial charge is 0.261 e. The van der Waals surface area contributed by atoms with Gasteiger partial charge in [0.25, 0.3) is 11.8 Å². The highest BCUT2D eigenvalue weighted by Gasteiger charge is 2.25. The Morgan fingerprint density at radius 2 is 1.76 bits per heavy atom. The van der Waals surface area contributed by atoms with Crippen LogP contribution < -0.4 is 16.1 Å². The Hall–Kier alpha value is -4.79. The number of hydrogen-bond acceptors (Lipinski definition) is 3. The molecule has 168 valence electrons. The van der Waals surface area contributed by atoms with Crippen LogP contribution in [-0.4, -0.2) is 21.8 Å². The third-order valence-electron chi connectivity index (χ3n) is 5.39. The van der Waals surface area contributed by atoms with E-state index < -0.39 is 23.0 Å². The Balaban J connectivity index is 1.42. The van der Waals surface area contributed by atoms with Crippen LogP contribution in [0, 0.1) is 11.6 Å². The van der Waals surface area contributed by atoms with E-state index in [0.29, 0.717) is 28.6 Å². The number of hydrogen-bond donors (Lipinski definition) is 4. The van der Waals surface area contributed by atoms with Crippen LogP contribution in [-0.2, 0) is 4.79 Å². The van der Waals surface area contributed by atoms with Crippen LogP contribution >= 0.6 is 0 Å². The highest BCUT2D eigenvalue weighted by Crippen LogP contribution is 2.35. The largest absolute Gasteiger partial charge is 0.366 e. The van der Waals surface area contributed by atoms with E-state index in [4.69, 9.17) is 0 Å². The lowest BCUT2D eigenvalue weighted by molar-refractivity contribution is -0.110. The van der Waals surface area contributed by atoms with Crippen molar-refractivity contribution in [2.24, 2.45) is 0 Å². The fraction of sp³-hybridized carbons (Fsp3) is 0. The molecule has 1 aliphatic rings. The number of aromatic amines is 2. The number of fused-ring (bicyclic) bond motifs is 1. The van der Waals surface area contributed by atoms with Crippen LogP contribution in [0.4, 0.5) is 20.2 Å². The summed E-state index contributed by atoms with van der Waals surface area (Å²) in [6.07, 6.45) is 5.92. The van der Waals surface area contributed by atoms with Gasteiger partial charge in [-0.05, 0) is 42.5 Å². The van der Waals surface area contributed by atoms with Gasteiger partial charge in [-0.15, -0.1) is 0 Å². The van der Waals surface area contributed by atoms with E-state index in [1.165, 1.54) is 12.4 Å². The van der Waals surface area contributed by atoms with Crippen LogP contribution in [0.1, 0.15) is 21.6 Å². The van der Waals surface area contributed by atoms with Crippen molar-refractivity contribution in [3.63, 3.8) is 0 Å². The highest BCUT2D eigenvalue weighted by atomic mass is 19.1. The molecule has 2 aromatic heterocycles. The second kappa shape index (κ2) is 8.28. The van der Waals surface area contributed by atoms with Crippen LogP contribution in [0.5, 0.6) is 0 Å². The van der Waals surface area contributed by atoms with Gasteiger partial charge in [0.2, 0.25) is 5.43 Å². The molecule has 0 fully saturated rings. The Morgan fingerprint density at radius 1 is 0.941 bits per heavy atom. The van der Waals surface area contributed by atoms with Crippen LogP contribution in [0.25, 0.3) is 22.8 Å². The van der Waals surface area contributed by atoms with E-state index in [2.05, 4.69) is 20.6 Å². The molecule has 4 N–H and O–H groups in total. The number of pyridine rings is 1. The van der Waals surface area contributed by atoms with E-state index in [-0.39, 0.29) is 22.6 Å². The number of benzene rings is 2. The average Bonchev–Trinajstić information content (AvgIpc) is 3.42. The third kappa shape index (κ3) is 3.79. The number of rotatable bonds is 4. The Morgan fingerprint density at radius 3 is 2.53 bits per heavy atom. The molecule has 5 rings (SSSR count). The molecule has 1 aliphatic heterocycles. The summed E-state index contributed by atoms with van der Waals surface area (Å²) in [6, 6.07) is 11.4. The summed E-state index contributed by atoms with van der Waals surface area (Å²) in [7, 11) is 0. The molecule has 9 heteroatoms. The number of carbonyl (C=O) groups excluding carboxylic acids is 2. The Bertz CT molecular complexity index is 1540. The molecule has 0 radical (unpaired) electrons. The van der Waals surface area contributed by atoms with Crippen molar-refractivity contribution >= 4 is 34.8 Å². The lowest BCUT2D eigenvalue weighted by atomic mass is 10.0. The number of nitrogens with one attached hydrogen (secondary N) is 4. The van der Waals surface area contributed by atoms with Crippen LogP contribution in [0.15, 0.2) is 71.9 Å². The van der Waals surface area contributed by atoms with Gasteiger partial charge in [-0.1, -0.05) is 6.07 Å². The number of amides is 2. The first-order valence-electron chi connectivity index (χ1n) is 10.2. The zero-order chi connectivity index (χ0) is 23.8. The number of carbonyl (C=O) groups is 2. The van der Waals surface area contributed by atoms with Gasteiger partial charge >= 0.3 is 0 Å². The minimum Gasteiger partial charge on any atom is -0.366 e. The highest BCUT2D eigenvalue weighted by molar-refractivity contribution is 6.35. The molecule has 0 aliphatic carbocycles. The van der Waals surface area contributed by atoms with Crippen LogP contribution in [0.3, 0.4) is 0 Å². The zero-order valence-corrected chi connectivity index (χ0v) is 17.4. The van der Waals surface area contributed by atoms with Gasteiger partial charge < -0.3 is 20.6 Å².